The van der Waals surface area contributed by atoms with Gasteiger partial charge in [0.15, 0.2) is 5.78 Å². The summed E-state index contributed by atoms with van der Waals surface area (Å²) in [6, 6.07) is 3.93. The van der Waals surface area contributed by atoms with Gasteiger partial charge in [0.25, 0.3) is 0 Å². The molecular weight excluding hydrogens is 204 g/mol. The molecule has 0 N–H and O–H groups in total. The van der Waals surface area contributed by atoms with E-state index in [0.717, 1.165) is 18.8 Å². The van der Waals surface area contributed by atoms with E-state index in [-0.39, 0.29) is 5.78 Å². The molecule has 0 saturated carbocycles. The van der Waals surface area contributed by atoms with Gasteiger partial charge in [-0.25, -0.2) is 4.98 Å². The number of hydrogen-bond acceptors (Lipinski definition) is 4. The van der Waals surface area contributed by atoms with Crippen molar-refractivity contribution in [1.29, 1.82) is 0 Å². The third-order valence-electron chi connectivity index (χ3n) is 2.95. The number of carbonyl (C=O) groups excluding carboxylic acids is 1. The molecule has 0 amide bonds. The molecule has 4 heteroatoms. The van der Waals surface area contributed by atoms with Crippen molar-refractivity contribution in [2.45, 2.75) is 19.4 Å². The molecule has 4 nitrogen and oxygen atoms in total. The predicted molar refractivity (Wildman–Crippen MR) is 61.9 cm³/mol. The first-order valence-electron chi connectivity index (χ1n) is 5.46. The third-order valence-corrected chi connectivity index (χ3v) is 2.95. The highest BCUT2D eigenvalue weighted by Gasteiger charge is 2.23. The standard InChI is InChI=1S/C12H16N2O2/c1-9(15)11-4-3-6-13-12(11)14(2)10-5-7-16-8-10/h3-4,6,10H,5,7-8H2,1-2H3. The maximum absolute atomic E-state index is 11.5. The van der Waals surface area contributed by atoms with Crippen LogP contribution in [0.5, 0.6) is 0 Å². The van der Waals surface area contributed by atoms with Gasteiger partial charge in [0.1, 0.15) is 5.82 Å². The fourth-order valence-electron chi connectivity index (χ4n) is 1.95. The van der Waals surface area contributed by atoms with Crippen LogP contribution in [0.3, 0.4) is 0 Å². The molecule has 86 valence electrons. The van der Waals surface area contributed by atoms with E-state index < -0.39 is 0 Å². The maximum Gasteiger partial charge on any atom is 0.163 e. The van der Waals surface area contributed by atoms with E-state index in [1.807, 2.05) is 18.0 Å². The second-order valence-corrected chi connectivity index (χ2v) is 4.06. The molecule has 0 radical (unpaired) electrons. The normalized spacial score (nSPS) is 19.8. The Labute approximate surface area is 95.2 Å². The quantitative estimate of drug-likeness (QED) is 0.724. The first-order valence-corrected chi connectivity index (χ1v) is 5.46. The van der Waals surface area contributed by atoms with Crippen molar-refractivity contribution in [3.05, 3.63) is 23.9 Å². The van der Waals surface area contributed by atoms with Crippen molar-refractivity contribution < 1.29 is 9.53 Å². The molecule has 0 aromatic carbocycles. The Morgan fingerprint density at radius 1 is 1.62 bits per heavy atom. The number of anilines is 1. The van der Waals surface area contributed by atoms with Gasteiger partial charge in [-0.3, -0.25) is 4.79 Å². The molecule has 2 heterocycles. The van der Waals surface area contributed by atoms with Gasteiger partial charge in [0.2, 0.25) is 0 Å². The summed E-state index contributed by atoms with van der Waals surface area (Å²) >= 11 is 0. The molecule has 0 bridgehead atoms. The summed E-state index contributed by atoms with van der Waals surface area (Å²) in [4.78, 5) is 17.8. The summed E-state index contributed by atoms with van der Waals surface area (Å²) in [6.07, 6.45) is 2.71. The van der Waals surface area contributed by atoms with Crippen molar-refractivity contribution in [3.8, 4) is 0 Å². The largest absolute Gasteiger partial charge is 0.379 e. The summed E-state index contributed by atoms with van der Waals surface area (Å²) in [5, 5.41) is 0. The molecular formula is C12H16N2O2. The average molecular weight is 220 g/mol. The molecule has 1 aliphatic heterocycles. The van der Waals surface area contributed by atoms with Gasteiger partial charge in [0.05, 0.1) is 18.2 Å². The van der Waals surface area contributed by atoms with Gasteiger partial charge >= 0.3 is 0 Å². The average Bonchev–Trinajstić information content (AvgIpc) is 2.81. The lowest BCUT2D eigenvalue weighted by atomic mass is 10.1. The third kappa shape index (κ3) is 2.07. The topological polar surface area (TPSA) is 42.4 Å². The molecule has 1 aromatic rings. The number of ketones is 1. The van der Waals surface area contributed by atoms with Crippen LogP contribution in [0.15, 0.2) is 18.3 Å². The number of pyridine rings is 1. The number of aromatic nitrogens is 1. The molecule has 1 atom stereocenters. The summed E-state index contributed by atoms with van der Waals surface area (Å²) in [6.45, 7) is 3.07. The number of hydrogen-bond donors (Lipinski definition) is 0. The minimum absolute atomic E-state index is 0.0499. The number of ether oxygens (including phenoxy) is 1. The molecule has 1 aromatic heterocycles. The van der Waals surface area contributed by atoms with Crippen molar-refractivity contribution in [3.63, 3.8) is 0 Å². The number of rotatable bonds is 3. The first-order chi connectivity index (χ1) is 7.70. The highest BCUT2D eigenvalue weighted by atomic mass is 16.5. The molecule has 2 rings (SSSR count). The Balaban J connectivity index is 2.27. The monoisotopic (exact) mass is 220 g/mol. The second-order valence-electron chi connectivity index (χ2n) is 4.06. The fraction of sp³-hybridized carbons (Fsp3) is 0.500. The van der Waals surface area contributed by atoms with Crippen LogP contribution >= 0.6 is 0 Å². The number of likely N-dealkylation sites (N-methyl/N-ethyl adjacent to an activating group) is 1. The predicted octanol–water partition coefficient (Wildman–Crippen LogP) is 1.51. The van der Waals surface area contributed by atoms with E-state index in [4.69, 9.17) is 4.74 Å². The molecule has 1 saturated heterocycles. The van der Waals surface area contributed by atoms with Crippen LogP contribution in [0, 0.1) is 0 Å². The van der Waals surface area contributed by atoms with Gasteiger partial charge in [-0.1, -0.05) is 0 Å². The first kappa shape index (κ1) is 11.1. The Kier molecular flexibility index (Phi) is 3.19. The molecule has 0 aliphatic carbocycles. The van der Waals surface area contributed by atoms with Crippen LogP contribution in [0.2, 0.25) is 0 Å². The minimum Gasteiger partial charge on any atom is -0.379 e. The lowest BCUT2D eigenvalue weighted by Crippen LogP contribution is -2.33. The minimum atomic E-state index is 0.0499. The smallest absolute Gasteiger partial charge is 0.163 e. The molecule has 1 aliphatic rings. The highest BCUT2D eigenvalue weighted by Crippen LogP contribution is 2.21. The van der Waals surface area contributed by atoms with Gasteiger partial charge in [-0.05, 0) is 25.5 Å². The summed E-state index contributed by atoms with van der Waals surface area (Å²) in [5.41, 5.74) is 0.678. The van der Waals surface area contributed by atoms with E-state index >= 15 is 0 Å². The van der Waals surface area contributed by atoms with Gasteiger partial charge in [-0.15, -0.1) is 0 Å². The Morgan fingerprint density at radius 2 is 2.44 bits per heavy atom. The lowest BCUT2D eigenvalue weighted by molar-refractivity contribution is 0.101. The van der Waals surface area contributed by atoms with E-state index in [0.29, 0.717) is 18.2 Å². The second kappa shape index (κ2) is 4.61. The van der Waals surface area contributed by atoms with Crippen molar-refractivity contribution in [2.75, 3.05) is 25.2 Å². The van der Waals surface area contributed by atoms with Crippen molar-refractivity contribution >= 4 is 11.6 Å². The van der Waals surface area contributed by atoms with Gasteiger partial charge in [0, 0.05) is 19.9 Å². The Hall–Kier alpha value is -1.42. The number of carbonyl (C=O) groups is 1. The summed E-state index contributed by atoms with van der Waals surface area (Å²) in [7, 11) is 1.97. The van der Waals surface area contributed by atoms with Crippen LogP contribution < -0.4 is 4.90 Å². The zero-order valence-electron chi connectivity index (χ0n) is 9.64. The van der Waals surface area contributed by atoms with Crippen LogP contribution in [0.1, 0.15) is 23.7 Å². The van der Waals surface area contributed by atoms with Gasteiger partial charge in [-0.2, -0.15) is 0 Å². The zero-order chi connectivity index (χ0) is 11.5. The van der Waals surface area contributed by atoms with Crippen LogP contribution in [-0.2, 0) is 4.74 Å². The molecule has 16 heavy (non-hydrogen) atoms. The lowest BCUT2D eigenvalue weighted by Gasteiger charge is -2.25. The van der Waals surface area contributed by atoms with Crippen LogP contribution in [0.25, 0.3) is 0 Å². The highest BCUT2D eigenvalue weighted by molar-refractivity contribution is 5.98. The number of nitrogens with zero attached hydrogens (tertiary/aromatic N) is 2. The SMILES string of the molecule is CC(=O)c1cccnc1N(C)C1CCOC1. The Bertz CT molecular complexity index is 386. The fourth-order valence-corrected chi connectivity index (χ4v) is 1.95. The van der Waals surface area contributed by atoms with Gasteiger partial charge < -0.3 is 9.64 Å². The van der Waals surface area contributed by atoms with E-state index in [9.17, 15) is 4.79 Å². The Morgan fingerprint density at radius 3 is 3.06 bits per heavy atom. The zero-order valence-corrected chi connectivity index (χ0v) is 9.64. The van der Waals surface area contributed by atoms with E-state index in [2.05, 4.69) is 4.98 Å². The van der Waals surface area contributed by atoms with E-state index in [1.54, 1.807) is 19.2 Å². The number of Topliss-reactive ketones (excluding diaryl/α,β-unsaturated/α-hetero) is 1. The summed E-state index contributed by atoms with van der Waals surface area (Å²) < 4.78 is 5.35. The maximum atomic E-state index is 11.5. The summed E-state index contributed by atoms with van der Waals surface area (Å²) in [5.74, 6) is 0.805. The van der Waals surface area contributed by atoms with Crippen molar-refractivity contribution in [1.82, 2.24) is 4.98 Å². The molecule has 1 fully saturated rings. The van der Waals surface area contributed by atoms with Crippen molar-refractivity contribution in [2.24, 2.45) is 0 Å². The van der Waals surface area contributed by atoms with E-state index in [1.165, 1.54) is 0 Å². The molecule has 0 spiro atoms. The molecule has 1 unspecified atom stereocenters. The van der Waals surface area contributed by atoms with Crippen LogP contribution in [0.4, 0.5) is 5.82 Å². The van der Waals surface area contributed by atoms with Crippen LogP contribution in [-0.4, -0.2) is 37.1 Å².